The molecule has 0 amide bonds. The first-order valence-electron chi connectivity index (χ1n) is 24.7. The first kappa shape index (κ1) is 54.2. The fourth-order valence-electron chi connectivity index (χ4n) is 7.26. The van der Waals surface area contributed by atoms with Crippen molar-refractivity contribution >= 4 is 17.9 Å². The zero-order chi connectivity index (χ0) is 40.8. The lowest BCUT2D eigenvalue weighted by molar-refractivity contribution is -0.167. The Morgan fingerprint density at radius 3 is 0.893 bits per heavy atom. The number of rotatable bonds is 45. The standard InChI is InChI=1S/C50H94O6/c1-4-7-10-13-16-19-21-23-24-25-27-28-31-34-37-40-43-49(52)55-46-47(45-54-48(51)42-39-36-33-30-18-15-12-9-6-3)56-50(53)44-41-38-35-32-29-26-22-20-17-14-11-8-5-2/h24-25,47H,4-23,26-46H2,1-3H3/b25-24-. The molecule has 0 aliphatic rings. The van der Waals surface area contributed by atoms with Crippen LogP contribution in [0.25, 0.3) is 0 Å². The van der Waals surface area contributed by atoms with Gasteiger partial charge >= 0.3 is 17.9 Å². The number of ether oxygens (including phenoxy) is 3. The molecule has 6 heteroatoms. The molecule has 0 aromatic rings. The van der Waals surface area contributed by atoms with Gasteiger partial charge in [-0.1, -0.05) is 219 Å². The zero-order valence-corrected chi connectivity index (χ0v) is 37.7. The molecule has 0 aliphatic carbocycles. The third kappa shape index (κ3) is 43.3. The predicted molar refractivity (Wildman–Crippen MR) is 238 cm³/mol. The van der Waals surface area contributed by atoms with E-state index in [1.807, 2.05) is 0 Å². The molecule has 0 spiro atoms. The monoisotopic (exact) mass is 791 g/mol. The predicted octanol–water partition coefficient (Wildman–Crippen LogP) is 15.8. The molecule has 6 nitrogen and oxygen atoms in total. The van der Waals surface area contributed by atoms with E-state index in [0.29, 0.717) is 19.3 Å². The molecule has 330 valence electrons. The summed E-state index contributed by atoms with van der Waals surface area (Å²) in [5, 5.41) is 0. The van der Waals surface area contributed by atoms with E-state index in [0.717, 1.165) is 64.2 Å². The minimum absolute atomic E-state index is 0.0681. The lowest BCUT2D eigenvalue weighted by atomic mass is 10.0. The summed E-state index contributed by atoms with van der Waals surface area (Å²) in [7, 11) is 0. The molecule has 0 saturated heterocycles. The van der Waals surface area contributed by atoms with Gasteiger partial charge in [-0.2, -0.15) is 0 Å². The van der Waals surface area contributed by atoms with E-state index >= 15 is 0 Å². The van der Waals surface area contributed by atoms with Crippen LogP contribution >= 0.6 is 0 Å². The average Bonchev–Trinajstić information content (AvgIpc) is 3.19. The van der Waals surface area contributed by atoms with Crippen molar-refractivity contribution < 1.29 is 28.6 Å². The molecule has 1 unspecified atom stereocenters. The van der Waals surface area contributed by atoms with Gasteiger partial charge in [0.05, 0.1) is 0 Å². The fraction of sp³-hybridized carbons (Fsp3) is 0.900. The van der Waals surface area contributed by atoms with Gasteiger partial charge in [-0.15, -0.1) is 0 Å². The molecule has 0 saturated carbocycles. The van der Waals surface area contributed by atoms with E-state index in [-0.39, 0.29) is 31.1 Å². The number of carbonyl (C=O) groups is 3. The number of carbonyl (C=O) groups excluding carboxylic acids is 3. The van der Waals surface area contributed by atoms with Crippen LogP contribution in [-0.2, 0) is 28.6 Å². The Morgan fingerprint density at radius 2 is 0.589 bits per heavy atom. The molecular weight excluding hydrogens is 697 g/mol. The number of esters is 3. The third-order valence-corrected chi connectivity index (χ3v) is 11.0. The SMILES string of the molecule is CCCCCCCCC/C=C\CCCCCCCC(=O)OCC(COC(=O)CCCCCCCCCCC)OC(=O)CCCCCCCCCCCCCCC. The topological polar surface area (TPSA) is 78.9 Å². The van der Waals surface area contributed by atoms with Gasteiger partial charge in [-0.3, -0.25) is 14.4 Å². The molecular formula is C50H94O6. The maximum absolute atomic E-state index is 12.7. The molecule has 56 heavy (non-hydrogen) atoms. The molecule has 0 aromatic heterocycles. The molecule has 1 atom stereocenters. The molecule has 0 fully saturated rings. The van der Waals surface area contributed by atoms with E-state index in [4.69, 9.17) is 14.2 Å². The maximum atomic E-state index is 12.7. The summed E-state index contributed by atoms with van der Waals surface area (Å²) in [6, 6.07) is 0. The van der Waals surface area contributed by atoms with Gasteiger partial charge in [0.2, 0.25) is 0 Å². The summed E-state index contributed by atoms with van der Waals surface area (Å²) < 4.78 is 16.7. The summed E-state index contributed by atoms with van der Waals surface area (Å²) >= 11 is 0. The Morgan fingerprint density at radius 1 is 0.339 bits per heavy atom. The van der Waals surface area contributed by atoms with E-state index < -0.39 is 6.10 Å². The number of unbranched alkanes of at least 4 members (excludes halogenated alkanes) is 32. The summed E-state index contributed by atoms with van der Waals surface area (Å²) in [5.74, 6) is -0.867. The quantitative estimate of drug-likeness (QED) is 0.0264. The zero-order valence-electron chi connectivity index (χ0n) is 37.7. The van der Waals surface area contributed by atoms with Gasteiger partial charge < -0.3 is 14.2 Å². The second kappa shape index (κ2) is 45.8. The van der Waals surface area contributed by atoms with Crippen LogP contribution in [0, 0.1) is 0 Å². The Bertz CT molecular complexity index is 870. The fourth-order valence-corrected chi connectivity index (χ4v) is 7.26. The maximum Gasteiger partial charge on any atom is 0.306 e. The highest BCUT2D eigenvalue weighted by Crippen LogP contribution is 2.15. The van der Waals surface area contributed by atoms with Crippen molar-refractivity contribution in [2.75, 3.05) is 13.2 Å². The van der Waals surface area contributed by atoms with Crippen LogP contribution < -0.4 is 0 Å². The second-order valence-electron chi connectivity index (χ2n) is 16.7. The van der Waals surface area contributed by atoms with Crippen molar-refractivity contribution in [2.45, 2.75) is 277 Å². The molecule has 0 aliphatic heterocycles. The minimum Gasteiger partial charge on any atom is -0.462 e. The average molecular weight is 791 g/mol. The van der Waals surface area contributed by atoms with Gasteiger partial charge in [0.15, 0.2) is 6.10 Å². The summed E-state index contributed by atoms with van der Waals surface area (Å²) in [5.41, 5.74) is 0. The van der Waals surface area contributed by atoms with Crippen molar-refractivity contribution in [1.29, 1.82) is 0 Å². The molecule has 0 radical (unpaired) electrons. The van der Waals surface area contributed by atoms with Crippen LogP contribution in [-0.4, -0.2) is 37.2 Å². The Hall–Kier alpha value is -1.85. The Labute approximate surface area is 348 Å². The van der Waals surface area contributed by atoms with E-state index in [1.54, 1.807) is 0 Å². The lowest BCUT2D eigenvalue weighted by Crippen LogP contribution is -2.30. The molecule has 0 aromatic carbocycles. The highest BCUT2D eigenvalue weighted by molar-refractivity contribution is 5.71. The Balaban J connectivity index is 4.30. The number of hydrogen-bond donors (Lipinski definition) is 0. The second-order valence-corrected chi connectivity index (χ2v) is 16.7. The summed E-state index contributed by atoms with van der Waals surface area (Å²) in [4.78, 5) is 37.8. The molecule has 0 rings (SSSR count). The van der Waals surface area contributed by atoms with Crippen molar-refractivity contribution in [3.8, 4) is 0 Å². The highest BCUT2D eigenvalue weighted by Gasteiger charge is 2.19. The lowest BCUT2D eigenvalue weighted by Gasteiger charge is -2.18. The minimum atomic E-state index is -0.764. The molecule has 0 bridgehead atoms. The first-order valence-corrected chi connectivity index (χ1v) is 24.7. The van der Waals surface area contributed by atoms with Gasteiger partial charge in [-0.05, 0) is 44.9 Å². The van der Waals surface area contributed by atoms with Gasteiger partial charge in [-0.25, -0.2) is 0 Å². The van der Waals surface area contributed by atoms with Crippen LogP contribution in [0.5, 0.6) is 0 Å². The van der Waals surface area contributed by atoms with E-state index in [9.17, 15) is 14.4 Å². The van der Waals surface area contributed by atoms with Crippen LogP contribution in [0.3, 0.4) is 0 Å². The molecule has 0 heterocycles. The number of allylic oxidation sites excluding steroid dienone is 2. The van der Waals surface area contributed by atoms with Crippen LogP contribution in [0.2, 0.25) is 0 Å². The smallest absolute Gasteiger partial charge is 0.306 e. The van der Waals surface area contributed by atoms with Crippen molar-refractivity contribution in [3.63, 3.8) is 0 Å². The van der Waals surface area contributed by atoms with Gasteiger partial charge in [0.25, 0.3) is 0 Å². The first-order chi connectivity index (χ1) is 27.5. The summed E-state index contributed by atoms with van der Waals surface area (Å²) in [6.45, 7) is 6.63. The van der Waals surface area contributed by atoms with Crippen LogP contribution in [0.4, 0.5) is 0 Å². The summed E-state index contributed by atoms with van der Waals surface area (Å²) in [6.07, 6.45) is 49.1. The molecule has 0 N–H and O–H groups in total. The van der Waals surface area contributed by atoms with Crippen molar-refractivity contribution in [2.24, 2.45) is 0 Å². The van der Waals surface area contributed by atoms with Gasteiger partial charge in [0.1, 0.15) is 13.2 Å². The van der Waals surface area contributed by atoms with Crippen LogP contribution in [0.15, 0.2) is 12.2 Å². The Kier molecular flexibility index (Phi) is 44.3. The van der Waals surface area contributed by atoms with Crippen molar-refractivity contribution in [1.82, 2.24) is 0 Å². The number of hydrogen-bond acceptors (Lipinski definition) is 6. The van der Waals surface area contributed by atoms with Crippen molar-refractivity contribution in [3.05, 3.63) is 12.2 Å². The van der Waals surface area contributed by atoms with E-state index in [1.165, 1.54) is 167 Å². The normalized spacial score (nSPS) is 12.0. The third-order valence-electron chi connectivity index (χ3n) is 11.0. The van der Waals surface area contributed by atoms with Crippen LogP contribution in [0.1, 0.15) is 271 Å². The largest absolute Gasteiger partial charge is 0.462 e. The van der Waals surface area contributed by atoms with Gasteiger partial charge in [0, 0.05) is 19.3 Å². The highest BCUT2D eigenvalue weighted by atomic mass is 16.6. The van der Waals surface area contributed by atoms with E-state index in [2.05, 4.69) is 32.9 Å².